The summed E-state index contributed by atoms with van der Waals surface area (Å²) < 4.78 is 9.51. The van der Waals surface area contributed by atoms with Crippen LogP contribution in [0.4, 0.5) is 4.79 Å². The highest BCUT2D eigenvalue weighted by molar-refractivity contribution is 5.90. The molecule has 0 bridgehead atoms. The van der Waals surface area contributed by atoms with Crippen LogP contribution in [0.3, 0.4) is 0 Å². The van der Waals surface area contributed by atoms with Gasteiger partial charge >= 0.3 is 12.1 Å². The molecule has 0 aliphatic rings. The largest absolute Gasteiger partial charge is 0.465 e. The summed E-state index contributed by atoms with van der Waals surface area (Å²) in [6, 6.07) is 8.26. The van der Waals surface area contributed by atoms with Crippen LogP contribution < -0.4 is 5.32 Å². The third kappa shape index (κ3) is 4.00. The lowest BCUT2D eigenvalue weighted by Gasteiger charge is -2.19. The van der Waals surface area contributed by atoms with E-state index in [1.165, 1.54) is 7.11 Å². The third-order valence-corrected chi connectivity index (χ3v) is 2.55. The van der Waals surface area contributed by atoms with Gasteiger partial charge in [-0.05, 0) is 12.5 Å². The van der Waals surface area contributed by atoms with Crippen LogP contribution in [-0.2, 0) is 14.3 Å². The molecule has 5 nitrogen and oxygen atoms in total. The Labute approximate surface area is 117 Å². The van der Waals surface area contributed by atoms with E-state index in [0.29, 0.717) is 5.56 Å². The van der Waals surface area contributed by atoms with Gasteiger partial charge in [-0.25, -0.2) is 9.59 Å². The predicted octanol–water partition coefficient (Wildman–Crippen LogP) is 2.36. The normalized spacial score (nSPS) is 10.9. The van der Waals surface area contributed by atoms with E-state index in [-0.39, 0.29) is 12.2 Å². The zero-order valence-corrected chi connectivity index (χ0v) is 11.5. The number of alkyl carbamates (subject to hydrolysis) is 1. The molecule has 0 aliphatic carbocycles. The number of benzene rings is 1. The van der Waals surface area contributed by atoms with Crippen LogP contribution in [0.15, 0.2) is 48.2 Å². The van der Waals surface area contributed by atoms with Crippen LogP contribution in [0, 0.1) is 0 Å². The smallest absolute Gasteiger partial charge is 0.407 e. The first-order valence-corrected chi connectivity index (χ1v) is 6.10. The lowest BCUT2D eigenvalue weighted by molar-refractivity contribution is -0.136. The Morgan fingerprint density at radius 1 is 1.35 bits per heavy atom. The maximum Gasteiger partial charge on any atom is 0.407 e. The van der Waals surface area contributed by atoms with Crippen LogP contribution in [-0.4, -0.2) is 25.8 Å². The Balaban J connectivity index is 3.11. The fraction of sp³-hybridized carbons (Fsp3) is 0.267. The number of carbonyl (C=O) groups excluding carboxylic acids is 2. The third-order valence-electron chi connectivity index (χ3n) is 2.55. The van der Waals surface area contributed by atoms with Crippen molar-refractivity contribution in [1.82, 2.24) is 5.32 Å². The highest BCUT2D eigenvalue weighted by atomic mass is 16.5. The molecule has 0 saturated carbocycles. The van der Waals surface area contributed by atoms with Crippen LogP contribution in [0.25, 0.3) is 0 Å². The van der Waals surface area contributed by atoms with Crippen LogP contribution in [0.1, 0.15) is 18.5 Å². The fourth-order valence-electron chi connectivity index (χ4n) is 1.66. The quantitative estimate of drug-likeness (QED) is 0.509. The first-order chi connectivity index (χ1) is 9.63. The summed E-state index contributed by atoms with van der Waals surface area (Å²) in [5, 5.41) is 2.60. The van der Waals surface area contributed by atoms with Crippen LogP contribution >= 0.6 is 0 Å². The van der Waals surface area contributed by atoms with Crippen molar-refractivity contribution in [2.24, 2.45) is 0 Å². The summed E-state index contributed by atoms with van der Waals surface area (Å²) in [6.07, 6.45) is -0.627. The van der Waals surface area contributed by atoms with Gasteiger partial charge in [-0.3, -0.25) is 0 Å². The summed E-state index contributed by atoms with van der Waals surface area (Å²) in [6.45, 7) is 5.41. The Morgan fingerprint density at radius 3 is 2.50 bits per heavy atom. The standard InChI is InChI=1S/C15H17NO4/c1-4-12(14(17)19-3)13(16-15(18)20-5-2)11-9-7-6-8-10-11/h6-10,13H,1,5H2,2-3H3,(H,16,18). The monoisotopic (exact) mass is 275 g/mol. The molecule has 106 valence electrons. The van der Waals surface area contributed by atoms with Gasteiger partial charge in [-0.1, -0.05) is 36.9 Å². The van der Waals surface area contributed by atoms with E-state index < -0.39 is 18.1 Å². The molecule has 0 spiro atoms. The molecule has 20 heavy (non-hydrogen) atoms. The van der Waals surface area contributed by atoms with Crippen molar-refractivity contribution in [3.63, 3.8) is 0 Å². The molecule has 1 amide bonds. The van der Waals surface area contributed by atoms with Crippen molar-refractivity contribution in [3.8, 4) is 0 Å². The SMILES string of the molecule is C=C=C(C(=O)OC)C(NC(=O)OCC)c1ccccc1. The van der Waals surface area contributed by atoms with Crippen LogP contribution in [0.2, 0.25) is 0 Å². The van der Waals surface area contributed by atoms with E-state index in [9.17, 15) is 9.59 Å². The van der Waals surface area contributed by atoms with Gasteiger partial charge in [0.1, 0.15) is 5.57 Å². The second-order valence-corrected chi connectivity index (χ2v) is 3.79. The number of esters is 1. The lowest BCUT2D eigenvalue weighted by Crippen LogP contribution is -2.32. The molecule has 0 aliphatic heterocycles. The van der Waals surface area contributed by atoms with Gasteiger partial charge in [0.05, 0.1) is 19.8 Å². The molecule has 1 rings (SSSR count). The first-order valence-electron chi connectivity index (χ1n) is 6.10. The van der Waals surface area contributed by atoms with E-state index in [1.54, 1.807) is 31.2 Å². The second kappa shape index (κ2) is 7.81. The highest BCUT2D eigenvalue weighted by Gasteiger charge is 2.25. The predicted molar refractivity (Wildman–Crippen MR) is 74.0 cm³/mol. The average Bonchev–Trinajstić information content (AvgIpc) is 2.47. The molecule has 1 unspecified atom stereocenters. The minimum absolute atomic E-state index is 0.117. The van der Waals surface area contributed by atoms with Crippen molar-refractivity contribution in [1.29, 1.82) is 0 Å². The summed E-state index contributed by atoms with van der Waals surface area (Å²) in [5.74, 6) is -0.606. The molecule has 0 heterocycles. The zero-order valence-electron chi connectivity index (χ0n) is 11.5. The van der Waals surface area contributed by atoms with E-state index >= 15 is 0 Å². The van der Waals surface area contributed by atoms with E-state index in [2.05, 4.69) is 22.4 Å². The van der Waals surface area contributed by atoms with Crippen molar-refractivity contribution in [2.45, 2.75) is 13.0 Å². The molecule has 1 N–H and O–H groups in total. The molecular weight excluding hydrogens is 258 g/mol. The molecule has 0 saturated heterocycles. The number of nitrogens with one attached hydrogen (secondary N) is 1. The number of hydrogen-bond acceptors (Lipinski definition) is 4. The second-order valence-electron chi connectivity index (χ2n) is 3.79. The molecule has 1 aromatic rings. The number of rotatable bonds is 5. The summed E-state index contributed by atoms with van der Waals surface area (Å²) >= 11 is 0. The van der Waals surface area contributed by atoms with Crippen molar-refractivity contribution in [3.05, 3.63) is 53.8 Å². The topological polar surface area (TPSA) is 64.6 Å². The van der Waals surface area contributed by atoms with Gasteiger partial charge in [0.25, 0.3) is 0 Å². The van der Waals surface area contributed by atoms with Crippen molar-refractivity contribution >= 4 is 12.1 Å². The number of hydrogen-bond donors (Lipinski definition) is 1. The van der Waals surface area contributed by atoms with Crippen LogP contribution in [0.5, 0.6) is 0 Å². The number of ether oxygens (including phenoxy) is 2. The number of carbonyl (C=O) groups is 2. The molecule has 1 atom stereocenters. The van der Waals surface area contributed by atoms with E-state index in [4.69, 9.17) is 4.74 Å². The summed E-state index contributed by atoms with van der Waals surface area (Å²) in [4.78, 5) is 23.4. The molecule has 1 aromatic carbocycles. The maximum absolute atomic E-state index is 11.7. The molecule has 5 heteroatoms. The van der Waals surface area contributed by atoms with E-state index in [1.807, 2.05) is 6.07 Å². The molecule has 0 radical (unpaired) electrons. The van der Waals surface area contributed by atoms with Crippen molar-refractivity contribution in [2.75, 3.05) is 13.7 Å². The molecule has 0 fully saturated rings. The Kier molecular flexibility index (Phi) is 6.07. The Hall–Kier alpha value is -2.52. The van der Waals surface area contributed by atoms with Gasteiger partial charge in [-0.2, -0.15) is 0 Å². The van der Waals surface area contributed by atoms with Crippen molar-refractivity contribution < 1.29 is 19.1 Å². The highest BCUT2D eigenvalue weighted by Crippen LogP contribution is 2.22. The van der Waals surface area contributed by atoms with Gasteiger partial charge in [0.2, 0.25) is 0 Å². The molecular formula is C15H17NO4. The Morgan fingerprint density at radius 2 is 2.00 bits per heavy atom. The summed E-state index contributed by atoms with van der Waals surface area (Å²) in [5.41, 5.74) is 3.34. The lowest BCUT2D eigenvalue weighted by atomic mass is 9.99. The van der Waals surface area contributed by atoms with Gasteiger partial charge < -0.3 is 14.8 Å². The average molecular weight is 275 g/mol. The number of methoxy groups -OCH3 is 1. The fourth-order valence-corrected chi connectivity index (χ4v) is 1.66. The van der Waals surface area contributed by atoms with Gasteiger partial charge in [0, 0.05) is 0 Å². The first kappa shape index (κ1) is 15.5. The molecule has 0 aromatic heterocycles. The van der Waals surface area contributed by atoms with E-state index in [0.717, 1.165) is 0 Å². The zero-order chi connectivity index (χ0) is 15.0. The number of amides is 1. The minimum atomic E-state index is -0.722. The minimum Gasteiger partial charge on any atom is -0.465 e. The summed E-state index contributed by atoms with van der Waals surface area (Å²) in [7, 11) is 1.26. The Bertz CT molecular complexity index is 518. The van der Waals surface area contributed by atoms with Gasteiger partial charge in [0.15, 0.2) is 0 Å². The maximum atomic E-state index is 11.7. The van der Waals surface area contributed by atoms with Gasteiger partial charge in [-0.15, -0.1) is 5.73 Å².